The van der Waals surface area contributed by atoms with Crippen LogP contribution in [0.2, 0.25) is 0 Å². The third-order valence-electron chi connectivity index (χ3n) is 2.30. The lowest BCUT2D eigenvalue weighted by atomic mass is 10.1. The molecule has 114 valence electrons. The summed E-state index contributed by atoms with van der Waals surface area (Å²) >= 11 is 0. The molecule has 0 amide bonds. The smallest absolute Gasteiger partial charge is 0.119 e. The van der Waals surface area contributed by atoms with Gasteiger partial charge >= 0.3 is 0 Å². The zero-order valence-electron chi connectivity index (χ0n) is 11.0. The Morgan fingerprint density at radius 2 is 1.74 bits per heavy atom. The number of hydrogen-bond donors (Lipinski definition) is 3. The van der Waals surface area contributed by atoms with E-state index in [4.69, 9.17) is 16.2 Å². The molecule has 0 fully saturated rings. The van der Waals surface area contributed by atoms with Crippen molar-refractivity contribution in [3.63, 3.8) is 0 Å². The average Bonchev–Trinajstić information content (AvgIpc) is 2.30. The van der Waals surface area contributed by atoms with Gasteiger partial charge in [-0.05, 0) is 24.6 Å². The maximum atomic E-state index is 6.02. The normalized spacial score (nSPS) is 10.5. The molecule has 1 aromatic rings. The third-order valence-corrected chi connectivity index (χ3v) is 2.30. The lowest BCUT2D eigenvalue weighted by molar-refractivity contribution is 0.340. The summed E-state index contributed by atoms with van der Waals surface area (Å²) in [5.41, 5.74) is 12.5. The van der Waals surface area contributed by atoms with E-state index in [0.29, 0.717) is 13.2 Å². The Labute approximate surface area is 133 Å². The lowest BCUT2D eigenvalue weighted by Gasteiger charge is -2.13. The number of nitrogens with two attached hydrogens (primary N) is 2. The fourth-order valence-corrected chi connectivity index (χ4v) is 1.46. The first-order chi connectivity index (χ1) is 7.77. The first-order valence-electron chi connectivity index (χ1n) is 5.67. The van der Waals surface area contributed by atoms with Gasteiger partial charge in [-0.1, -0.05) is 12.1 Å². The minimum Gasteiger partial charge on any atom is -0.494 e. The van der Waals surface area contributed by atoms with E-state index in [1.165, 1.54) is 0 Å². The first kappa shape index (κ1) is 23.8. The van der Waals surface area contributed by atoms with Gasteiger partial charge in [-0.2, -0.15) is 0 Å². The zero-order chi connectivity index (χ0) is 11.8. The second-order valence-corrected chi connectivity index (χ2v) is 3.60. The van der Waals surface area contributed by atoms with Gasteiger partial charge in [0.05, 0.1) is 6.61 Å². The van der Waals surface area contributed by atoms with Crippen molar-refractivity contribution in [3.05, 3.63) is 29.8 Å². The topological polar surface area (TPSA) is 73.3 Å². The van der Waals surface area contributed by atoms with Crippen molar-refractivity contribution in [2.24, 2.45) is 11.5 Å². The van der Waals surface area contributed by atoms with Crippen molar-refractivity contribution in [2.45, 2.75) is 13.0 Å². The van der Waals surface area contributed by atoms with Gasteiger partial charge in [0.2, 0.25) is 0 Å². The van der Waals surface area contributed by atoms with Gasteiger partial charge in [-0.15, -0.1) is 37.2 Å². The summed E-state index contributed by atoms with van der Waals surface area (Å²) in [4.78, 5) is 0. The Morgan fingerprint density at radius 3 is 2.21 bits per heavy atom. The predicted octanol–water partition coefficient (Wildman–Crippen LogP) is 1.90. The SMILES string of the molecule is CCOc1ccc([C@H](N)CNCCN)cc1.Cl.Cl.Cl. The zero-order valence-corrected chi connectivity index (χ0v) is 13.5. The van der Waals surface area contributed by atoms with E-state index in [-0.39, 0.29) is 43.3 Å². The Hall–Kier alpha value is -0.230. The molecular weight excluding hydrogens is 309 g/mol. The van der Waals surface area contributed by atoms with E-state index in [1.54, 1.807) is 0 Å². The summed E-state index contributed by atoms with van der Waals surface area (Å²) in [5.74, 6) is 0.883. The fourth-order valence-electron chi connectivity index (χ4n) is 1.46. The van der Waals surface area contributed by atoms with Crippen LogP contribution < -0.4 is 21.5 Å². The molecule has 0 aromatic heterocycles. The molecule has 7 heteroatoms. The van der Waals surface area contributed by atoms with E-state index in [9.17, 15) is 0 Å². The van der Waals surface area contributed by atoms with Crippen molar-refractivity contribution in [1.29, 1.82) is 0 Å². The van der Waals surface area contributed by atoms with Crippen molar-refractivity contribution < 1.29 is 4.74 Å². The maximum Gasteiger partial charge on any atom is 0.119 e. The second kappa shape index (κ2) is 14.2. The molecule has 0 saturated carbocycles. The molecule has 1 aromatic carbocycles. The molecule has 0 aliphatic rings. The van der Waals surface area contributed by atoms with E-state index in [2.05, 4.69) is 5.32 Å². The predicted molar refractivity (Wildman–Crippen MR) is 88.2 cm³/mol. The standard InChI is InChI=1S/C12H21N3O.3ClH/c1-2-16-11-5-3-10(4-6-11)12(14)9-15-8-7-13;;;/h3-6,12,15H,2,7-9,13-14H2,1H3;3*1H/t12-;;;/m1.../s1. The van der Waals surface area contributed by atoms with Gasteiger partial charge in [0, 0.05) is 25.7 Å². The largest absolute Gasteiger partial charge is 0.494 e. The molecule has 0 spiro atoms. The number of ether oxygens (including phenoxy) is 1. The third kappa shape index (κ3) is 9.32. The molecule has 0 aliphatic heterocycles. The Morgan fingerprint density at radius 1 is 1.16 bits per heavy atom. The van der Waals surface area contributed by atoms with Gasteiger partial charge in [0.15, 0.2) is 0 Å². The molecule has 0 aliphatic carbocycles. The molecule has 5 N–H and O–H groups in total. The molecular formula is C12H24Cl3N3O. The summed E-state index contributed by atoms with van der Waals surface area (Å²) in [6, 6.07) is 7.89. The van der Waals surface area contributed by atoms with Gasteiger partial charge in [-0.3, -0.25) is 0 Å². The van der Waals surface area contributed by atoms with Crippen molar-refractivity contribution in [2.75, 3.05) is 26.2 Å². The Bertz CT molecular complexity index is 299. The molecule has 0 radical (unpaired) electrons. The van der Waals surface area contributed by atoms with E-state index < -0.39 is 0 Å². The van der Waals surface area contributed by atoms with Gasteiger partial charge < -0.3 is 21.5 Å². The maximum absolute atomic E-state index is 6.02. The molecule has 0 unspecified atom stereocenters. The minimum atomic E-state index is 0. The van der Waals surface area contributed by atoms with Crippen LogP contribution in [0.4, 0.5) is 0 Å². The van der Waals surface area contributed by atoms with Crippen molar-refractivity contribution >= 4 is 37.2 Å². The van der Waals surface area contributed by atoms with Crippen LogP contribution in [0.15, 0.2) is 24.3 Å². The van der Waals surface area contributed by atoms with Crippen LogP contribution in [-0.2, 0) is 0 Å². The highest BCUT2D eigenvalue weighted by Crippen LogP contribution is 2.15. The van der Waals surface area contributed by atoms with Crippen molar-refractivity contribution in [1.82, 2.24) is 5.32 Å². The van der Waals surface area contributed by atoms with Crippen molar-refractivity contribution in [3.8, 4) is 5.75 Å². The molecule has 1 rings (SSSR count). The highest BCUT2D eigenvalue weighted by atomic mass is 35.5. The molecule has 0 bridgehead atoms. The Balaban J connectivity index is -0.000000853. The van der Waals surface area contributed by atoms with Crippen LogP contribution in [0, 0.1) is 0 Å². The highest BCUT2D eigenvalue weighted by Gasteiger charge is 2.04. The number of halogens is 3. The van der Waals surface area contributed by atoms with Crippen LogP contribution in [0.3, 0.4) is 0 Å². The van der Waals surface area contributed by atoms with Crippen LogP contribution in [0.5, 0.6) is 5.75 Å². The molecule has 4 nitrogen and oxygen atoms in total. The quantitative estimate of drug-likeness (QED) is 0.667. The minimum absolute atomic E-state index is 0. The van der Waals surface area contributed by atoms with Crippen LogP contribution >= 0.6 is 37.2 Å². The van der Waals surface area contributed by atoms with E-state index >= 15 is 0 Å². The molecule has 0 saturated heterocycles. The summed E-state index contributed by atoms with van der Waals surface area (Å²) in [7, 11) is 0. The van der Waals surface area contributed by atoms with E-state index in [1.807, 2.05) is 31.2 Å². The van der Waals surface area contributed by atoms with E-state index in [0.717, 1.165) is 24.4 Å². The number of benzene rings is 1. The molecule has 0 heterocycles. The number of rotatable bonds is 7. The van der Waals surface area contributed by atoms with Crippen LogP contribution in [0.25, 0.3) is 0 Å². The Kier molecular flexibility index (Phi) is 17.8. The van der Waals surface area contributed by atoms with Gasteiger partial charge in [0.1, 0.15) is 5.75 Å². The first-order valence-corrected chi connectivity index (χ1v) is 5.67. The van der Waals surface area contributed by atoms with Crippen LogP contribution in [0.1, 0.15) is 18.5 Å². The molecule has 19 heavy (non-hydrogen) atoms. The van der Waals surface area contributed by atoms with Gasteiger partial charge in [0.25, 0.3) is 0 Å². The molecule has 1 atom stereocenters. The monoisotopic (exact) mass is 331 g/mol. The second-order valence-electron chi connectivity index (χ2n) is 3.60. The average molecular weight is 333 g/mol. The number of hydrogen-bond acceptors (Lipinski definition) is 4. The highest BCUT2D eigenvalue weighted by molar-refractivity contribution is 5.86. The fraction of sp³-hybridized carbons (Fsp3) is 0.500. The van der Waals surface area contributed by atoms with Crippen LogP contribution in [-0.4, -0.2) is 26.2 Å². The summed E-state index contributed by atoms with van der Waals surface area (Å²) in [6.07, 6.45) is 0. The summed E-state index contributed by atoms with van der Waals surface area (Å²) in [5, 5.41) is 3.19. The number of nitrogens with one attached hydrogen (secondary N) is 1. The summed E-state index contributed by atoms with van der Waals surface area (Å²) < 4.78 is 5.37. The van der Waals surface area contributed by atoms with Gasteiger partial charge in [-0.25, -0.2) is 0 Å². The summed E-state index contributed by atoms with van der Waals surface area (Å²) in [6.45, 7) is 4.83. The lowest BCUT2D eigenvalue weighted by Crippen LogP contribution is -2.30.